The average Bonchev–Trinajstić information content (AvgIpc) is 2.35. The summed E-state index contributed by atoms with van der Waals surface area (Å²) in [7, 11) is 0. The number of rotatable bonds is 2. The van der Waals surface area contributed by atoms with Crippen LogP contribution in [0.5, 0.6) is 0 Å². The standard InChI is InChI=1S/C12H13F2NO2/c13-9-1-2-10(14)11(7-9)15-12(16)8-3-5-17-6-4-8/h1-2,7-8H,3-6H2,(H,15,16). The van der Waals surface area contributed by atoms with Crippen LogP contribution in [-0.2, 0) is 9.53 Å². The molecule has 0 aliphatic carbocycles. The first-order chi connectivity index (χ1) is 8.16. The number of halogens is 2. The van der Waals surface area contributed by atoms with Gasteiger partial charge in [0.25, 0.3) is 0 Å². The predicted molar refractivity (Wildman–Crippen MR) is 58.5 cm³/mol. The SMILES string of the molecule is O=C(Nc1cc(F)ccc1F)C1CCOCC1. The molecule has 1 saturated heterocycles. The molecule has 0 unspecified atom stereocenters. The fourth-order valence-electron chi connectivity index (χ4n) is 1.79. The lowest BCUT2D eigenvalue weighted by Gasteiger charge is -2.21. The number of hydrogen-bond acceptors (Lipinski definition) is 2. The average molecular weight is 241 g/mol. The van der Waals surface area contributed by atoms with Crippen molar-refractivity contribution in [2.45, 2.75) is 12.8 Å². The van der Waals surface area contributed by atoms with Crippen molar-refractivity contribution in [1.82, 2.24) is 0 Å². The molecule has 92 valence electrons. The molecular weight excluding hydrogens is 228 g/mol. The van der Waals surface area contributed by atoms with Crippen molar-refractivity contribution in [1.29, 1.82) is 0 Å². The molecule has 1 aliphatic rings. The Balaban J connectivity index is 2.04. The Hall–Kier alpha value is -1.49. The van der Waals surface area contributed by atoms with E-state index in [2.05, 4.69) is 5.32 Å². The lowest BCUT2D eigenvalue weighted by Crippen LogP contribution is -2.28. The van der Waals surface area contributed by atoms with E-state index >= 15 is 0 Å². The molecule has 1 N–H and O–H groups in total. The van der Waals surface area contributed by atoms with Crippen molar-refractivity contribution in [3.05, 3.63) is 29.8 Å². The van der Waals surface area contributed by atoms with Gasteiger partial charge >= 0.3 is 0 Å². The van der Waals surface area contributed by atoms with Crippen LogP contribution in [0.3, 0.4) is 0 Å². The third kappa shape index (κ3) is 3.00. The summed E-state index contributed by atoms with van der Waals surface area (Å²) in [5, 5.41) is 2.41. The van der Waals surface area contributed by atoms with E-state index in [-0.39, 0.29) is 17.5 Å². The summed E-state index contributed by atoms with van der Waals surface area (Å²) in [6.07, 6.45) is 1.23. The highest BCUT2D eigenvalue weighted by atomic mass is 19.1. The third-order valence-electron chi connectivity index (χ3n) is 2.78. The topological polar surface area (TPSA) is 38.3 Å². The van der Waals surface area contributed by atoms with Crippen LogP contribution in [0.25, 0.3) is 0 Å². The molecule has 17 heavy (non-hydrogen) atoms. The van der Waals surface area contributed by atoms with Gasteiger partial charge in [-0.2, -0.15) is 0 Å². The molecule has 1 aromatic carbocycles. The maximum atomic E-state index is 13.3. The Morgan fingerprint density at radius 2 is 2.00 bits per heavy atom. The van der Waals surface area contributed by atoms with Gasteiger partial charge < -0.3 is 10.1 Å². The van der Waals surface area contributed by atoms with Crippen molar-refractivity contribution in [2.24, 2.45) is 5.92 Å². The summed E-state index contributed by atoms with van der Waals surface area (Å²) in [4.78, 5) is 11.8. The number of nitrogens with one attached hydrogen (secondary N) is 1. The first-order valence-corrected chi connectivity index (χ1v) is 5.50. The van der Waals surface area contributed by atoms with Gasteiger partial charge in [0.1, 0.15) is 11.6 Å². The monoisotopic (exact) mass is 241 g/mol. The summed E-state index contributed by atoms with van der Waals surface area (Å²) in [5.74, 6) is -1.68. The van der Waals surface area contributed by atoms with Gasteiger partial charge in [0, 0.05) is 25.2 Å². The van der Waals surface area contributed by atoms with E-state index in [1.165, 1.54) is 0 Å². The van der Waals surface area contributed by atoms with Crippen LogP contribution >= 0.6 is 0 Å². The Bertz CT molecular complexity index is 417. The molecule has 0 spiro atoms. The highest BCUT2D eigenvalue weighted by Crippen LogP contribution is 2.20. The molecule has 0 bridgehead atoms. The van der Waals surface area contributed by atoms with Crippen LogP contribution in [0.4, 0.5) is 14.5 Å². The molecule has 1 aromatic rings. The van der Waals surface area contributed by atoms with Crippen LogP contribution in [0.1, 0.15) is 12.8 Å². The minimum atomic E-state index is -0.633. The Morgan fingerprint density at radius 1 is 1.29 bits per heavy atom. The summed E-state index contributed by atoms with van der Waals surface area (Å²) >= 11 is 0. The quantitative estimate of drug-likeness (QED) is 0.863. The lowest BCUT2D eigenvalue weighted by atomic mass is 9.99. The van der Waals surface area contributed by atoms with Crippen LogP contribution in [0.2, 0.25) is 0 Å². The highest BCUT2D eigenvalue weighted by molar-refractivity contribution is 5.92. The smallest absolute Gasteiger partial charge is 0.227 e. The second kappa shape index (κ2) is 5.23. The number of ether oxygens (including phenoxy) is 1. The van der Waals surface area contributed by atoms with E-state index in [1.54, 1.807) is 0 Å². The minimum absolute atomic E-state index is 0.110. The highest BCUT2D eigenvalue weighted by Gasteiger charge is 2.22. The van der Waals surface area contributed by atoms with E-state index in [0.717, 1.165) is 18.2 Å². The number of amides is 1. The van der Waals surface area contributed by atoms with Gasteiger partial charge in [-0.15, -0.1) is 0 Å². The second-order valence-electron chi connectivity index (χ2n) is 4.00. The molecule has 0 radical (unpaired) electrons. The van der Waals surface area contributed by atoms with Gasteiger partial charge in [-0.25, -0.2) is 8.78 Å². The number of benzene rings is 1. The summed E-state index contributed by atoms with van der Waals surface area (Å²) in [6, 6.07) is 2.99. The van der Waals surface area contributed by atoms with Crippen LogP contribution in [-0.4, -0.2) is 19.1 Å². The second-order valence-corrected chi connectivity index (χ2v) is 4.00. The molecule has 0 aromatic heterocycles. The molecule has 5 heteroatoms. The van der Waals surface area contributed by atoms with E-state index in [9.17, 15) is 13.6 Å². The molecule has 1 amide bonds. The van der Waals surface area contributed by atoms with Crippen molar-refractivity contribution >= 4 is 11.6 Å². The van der Waals surface area contributed by atoms with Crippen LogP contribution in [0, 0.1) is 17.6 Å². The first-order valence-electron chi connectivity index (χ1n) is 5.50. The van der Waals surface area contributed by atoms with Gasteiger partial charge in [0.2, 0.25) is 5.91 Å². The fourth-order valence-corrected chi connectivity index (χ4v) is 1.79. The van der Waals surface area contributed by atoms with Crippen LogP contribution < -0.4 is 5.32 Å². The Labute approximate surface area is 97.8 Å². The summed E-state index contributed by atoms with van der Waals surface area (Å²) in [5.41, 5.74) is -0.110. The molecule has 1 aliphatic heterocycles. The zero-order valence-electron chi connectivity index (χ0n) is 9.21. The van der Waals surface area contributed by atoms with Crippen molar-refractivity contribution in [2.75, 3.05) is 18.5 Å². The van der Waals surface area contributed by atoms with Gasteiger partial charge in [-0.05, 0) is 25.0 Å². The van der Waals surface area contributed by atoms with Crippen molar-refractivity contribution in [3.8, 4) is 0 Å². The maximum Gasteiger partial charge on any atom is 0.227 e. The van der Waals surface area contributed by atoms with Gasteiger partial charge in [-0.1, -0.05) is 0 Å². The molecule has 2 rings (SSSR count). The van der Waals surface area contributed by atoms with Crippen molar-refractivity contribution in [3.63, 3.8) is 0 Å². The van der Waals surface area contributed by atoms with Gasteiger partial charge in [-0.3, -0.25) is 4.79 Å². The summed E-state index contributed by atoms with van der Waals surface area (Å²) < 4.78 is 31.3. The zero-order chi connectivity index (χ0) is 12.3. The normalized spacial score (nSPS) is 16.8. The number of hydrogen-bond donors (Lipinski definition) is 1. The maximum absolute atomic E-state index is 13.3. The lowest BCUT2D eigenvalue weighted by molar-refractivity contribution is -0.122. The number of anilines is 1. The summed E-state index contributed by atoms with van der Waals surface area (Å²) in [6.45, 7) is 1.06. The molecule has 0 saturated carbocycles. The third-order valence-corrected chi connectivity index (χ3v) is 2.78. The number of carbonyl (C=O) groups excluding carboxylic acids is 1. The van der Waals surface area contributed by atoms with E-state index in [1.807, 2.05) is 0 Å². The van der Waals surface area contributed by atoms with E-state index < -0.39 is 11.6 Å². The van der Waals surface area contributed by atoms with Crippen molar-refractivity contribution < 1.29 is 18.3 Å². The Morgan fingerprint density at radius 3 is 2.71 bits per heavy atom. The van der Waals surface area contributed by atoms with Gasteiger partial charge in [0.15, 0.2) is 0 Å². The van der Waals surface area contributed by atoms with E-state index in [4.69, 9.17) is 4.74 Å². The molecule has 0 atom stereocenters. The van der Waals surface area contributed by atoms with Crippen LogP contribution in [0.15, 0.2) is 18.2 Å². The molecule has 1 heterocycles. The van der Waals surface area contributed by atoms with Gasteiger partial charge in [0.05, 0.1) is 5.69 Å². The zero-order valence-corrected chi connectivity index (χ0v) is 9.21. The van der Waals surface area contributed by atoms with E-state index in [0.29, 0.717) is 26.1 Å². The number of carbonyl (C=O) groups is 1. The predicted octanol–water partition coefficient (Wildman–Crippen LogP) is 2.33. The minimum Gasteiger partial charge on any atom is -0.381 e. The largest absolute Gasteiger partial charge is 0.381 e. The fraction of sp³-hybridized carbons (Fsp3) is 0.417. The Kier molecular flexibility index (Phi) is 3.68. The first kappa shape index (κ1) is 12.0. The molecule has 3 nitrogen and oxygen atoms in total. The molecule has 1 fully saturated rings. The molecular formula is C12H13F2NO2.